The zero-order valence-corrected chi connectivity index (χ0v) is 19.1. The van der Waals surface area contributed by atoms with Gasteiger partial charge in [0.15, 0.2) is 4.75 Å². The monoisotopic (exact) mass is 470 g/mol. The fourth-order valence-electron chi connectivity index (χ4n) is 4.28. The Labute approximate surface area is 194 Å². The standard InChI is InChI=1S/C25H20Cl2O3S/c1-17(18-8-12-20(26)13-9-18)24(19-10-14-21(27)15-11-19)16-25(24,23(28)30-2)31(29)22-6-4-3-5-7-22/h3-15H,1,16H2,2H3/t24-,25-,31?/m1/s1. The van der Waals surface area contributed by atoms with E-state index in [0.29, 0.717) is 26.9 Å². The number of allylic oxidation sites excluding steroid dienone is 1. The topological polar surface area (TPSA) is 43.4 Å². The second-order valence-electron chi connectivity index (χ2n) is 7.47. The molecule has 158 valence electrons. The summed E-state index contributed by atoms with van der Waals surface area (Å²) in [5.41, 5.74) is 1.39. The molecular weight excluding hydrogens is 451 g/mol. The largest absolute Gasteiger partial charge is 0.468 e. The number of hydrogen-bond acceptors (Lipinski definition) is 3. The third kappa shape index (κ3) is 3.43. The highest BCUT2D eigenvalue weighted by Gasteiger charge is 2.78. The molecule has 0 saturated heterocycles. The van der Waals surface area contributed by atoms with E-state index in [-0.39, 0.29) is 0 Å². The van der Waals surface area contributed by atoms with E-state index in [2.05, 4.69) is 6.58 Å². The number of carbonyl (C=O) groups is 1. The molecule has 0 aliphatic heterocycles. The van der Waals surface area contributed by atoms with E-state index < -0.39 is 26.9 Å². The van der Waals surface area contributed by atoms with Crippen molar-refractivity contribution in [1.29, 1.82) is 0 Å². The molecule has 31 heavy (non-hydrogen) atoms. The number of esters is 1. The Morgan fingerprint density at radius 2 is 1.48 bits per heavy atom. The Morgan fingerprint density at radius 1 is 0.935 bits per heavy atom. The van der Waals surface area contributed by atoms with Gasteiger partial charge in [0.2, 0.25) is 0 Å². The summed E-state index contributed by atoms with van der Waals surface area (Å²) in [6.45, 7) is 4.36. The predicted molar refractivity (Wildman–Crippen MR) is 126 cm³/mol. The van der Waals surface area contributed by atoms with E-state index in [1.54, 1.807) is 48.5 Å². The second kappa shape index (κ2) is 8.27. The molecule has 3 aromatic rings. The summed E-state index contributed by atoms with van der Waals surface area (Å²) in [6, 6.07) is 23.5. The minimum absolute atomic E-state index is 0.303. The molecule has 6 heteroatoms. The van der Waals surface area contributed by atoms with Crippen molar-refractivity contribution in [2.24, 2.45) is 0 Å². The van der Waals surface area contributed by atoms with Gasteiger partial charge >= 0.3 is 5.97 Å². The van der Waals surface area contributed by atoms with Crippen molar-refractivity contribution in [2.45, 2.75) is 21.5 Å². The van der Waals surface area contributed by atoms with Crippen LogP contribution in [0.5, 0.6) is 0 Å². The van der Waals surface area contributed by atoms with Crippen LogP contribution in [0.2, 0.25) is 10.0 Å². The zero-order chi connectivity index (χ0) is 22.2. The van der Waals surface area contributed by atoms with Crippen LogP contribution in [0, 0.1) is 0 Å². The highest BCUT2D eigenvalue weighted by atomic mass is 35.5. The van der Waals surface area contributed by atoms with Crippen LogP contribution in [0.3, 0.4) is 0 Å². The molecule has 0 bridgehead atoms. The first-order valence-corrected chi connectivity index (χ1v) is 11.5. The van der Waals surface area contributed by atoms with Crippen LogP contribution >= 0.6 is 23.2 Å². The maximum absolute atomic E-state index is 13.9. The van der Waals surface area contributed by atoms with E-state index in [0.717, 1.165) is 11.1 Å². The first-order chi connectivity index (χ1) is 14.9. The van der Waals surface area contributed by atoms with Crippen LogP contribution in [-0.4, -0.2) is 22.0 Å². The van der Waals surface area contributed by atoms with Gasteiger partial charge in [-0.3, -0.25) is 9.00 Å². The lowest BCUT2D eigenvalue weighted by molar-refractivity contribution is -0.141. The Morgan fingerprint density at radius 3 is 2.03 bits per heavy atom. The molecule has 0 amide bonds. The number of halogens is 2. The minimum atomic E-state index is -1.68. The van der Waals surface area contributed by atoms with Gasteiger partial charge in [0, 0.05) is 14.9 Å². The van der Waals surface area contributed by atoms with Crippen LogP contribution in [-0.2, 0) is 25.7 Å². The van der Waals surface area contributed by atoms with Gasteiger partial charge in [-0.15, -0.1) is 0 Å². The first kappa shape index (κ1) is 21.8. The van der Waals surface area contributed by atoms with Gasteiger partial charge in [-0.05, 0) is 59.5 Å². The number of methoxy groups -OCH3 is 1. The lowest BCUT2D eigenvalue weighted by atomic mass is 9.82. The molecule has 0 aromatic heterocycles. The fourth-order valence-corrected chi connectivity index (χ4v) is 6.48. The van der Waals surface area contributed by atoms with Crippen molar-refractivity contribution < 1.29 is 13.7 Å². The molecule has 1 unspecified atom stereocenters. The van der Waals surface area contributed by atoms with E-state index in [9.17, 15) is 9.00 Å². The molecule has 0 radical (unpaired) electrons. The summed E-state index contributed by atoms with van der Waals surface area (Å²) >= 11 is 12.2. The van der Waals surface area contributed by atoms with Gasteiger partial charge in [-0.2, -0.15) is 0 Å². The van der Waals surface area contributed by atoms with E-state index in [1.807, 2.05) is 30.3 Å². The summed E-state index contributed by atoms with van der Waals surface area (Å²) in [7, 11) is -0.359. The molecule has 1 saturated carbocycles. The molecule has 0 N–H and O–H groups in total. The highest BCUT2D eigenvalue weighted by Crippen LogP contribution is 2.68. The number of ether oxygens (including phenoxy) is 1. The van der Waals surface area contributed by atoms with Crippen LogP contribution < -0.4 is 0 Å². The van der Waals surface area contributed by atoms with Gasteiger partial charge in [0.05, 0.1) is 23.3 Å². The van der Waals surface area contributed by atoms with E-state index in [1.165, 1.54) is 7.11 Å². The molecule has 0 spiro atoms. The van der Waals surface area contributed by atoms with Gasteiger partial charge in [-0.1, -0.05) is 72.2 Å². The quantitative estimate of drug-likeness (QED) is 0.410. The highest BCUT2D eigenvalue weighted by molar-refractivity contribution is 7.88. The van der Waals surface area contributed by atoms with Crippen molar-refractivity contribution in [3.8, 4) is 0 Å². The SMILES string of the molecule is C=C(c1ccc(Cl)cc1)[C@@]1(c2ccc(Cl)cc2)C[C@]1(C(=O)OC)S(=O)c1ccccc1. The summed E-state index contributed by atoms with van der Waals surface area (Å²) in [5, 5.41) is 1.17. The van der Waals surface area contributed by atoms with Crippen molar-refractivity contribution in [3.05, 3.63) is 107 Å². The maximum atomic E-state index is 13.9. The Balaban J connectivity index is 1.93. The normalized spacial score (nSPS) is 23.1. The summed E-state index contributed by atoms with van der Waals surface area (Å²) in [4.78, 5) is 13.8. The lowest BCUT2D eigenvalue weighted by Gasteiger charge is -2.27. The Bertz CT molecular complexity index is 1160. The van der Waals surface area contributed by atoms with Gasteiger partial charge < -0.3 is 4.74 Å². The van der Waals surface area contributed by atoms with Crippen molar-refractivity contribution in [1.82, 2.24) is 0 Å². The van der Waals surface area contributed by atoms with Crippen molar-refractivity contribution in [2.75, 3.05) is 7.11 Å². The molecule has 3 aromatic carbocycles. The molecule has 1 fully saturated rings. The molecule has 3 nitrogen and oxygen atoms in total. The van der Waals surface area contributed by atoms with Gasteiger partial charge in [-0.25, -0.2) is 0 Å². The number of rotatable bonds is 6. The van der Waals surface area contributed by atoms with E-state index >= 15 is 0 Å². The average Bonchev–Trinajstić information content (AvgIpc) is 3.51. The predicted octanol–water partition coefficient (Wildman–Crippen LogP) is 6.07. The third-order valence-electron chi connectivity index (χ3n) is 5.91. The molecule has 4 rings (SSSR count). The first-order valence-electron chi connectivity index (χ1n) is 9.63. The van der Waals surface area contributed by atoms with Crippen LogP contribution in [0.4, 0.5) is 0 Å². The van der Waals surface area contributed by atoms with Gasteiger partial charge in [0.25, 0.3) is 0 Å². The van der Waals surface area contributed by atoms with E-state index in [4.69, 9.17) is 27.9 Å². The van der Waals surface area contributed by atoms with Crippen LogP contribution in [0.1, 0.15) is 17.5 Å². The number of hydrogen-bond donors (Lipinski definition) is 0. The third-order valence-corrected chi connectivity index (χ3v) is 8.41. The molecule has 1 aliphatic carbocycles. The molecule has 0 heterocycles. The van der Waals surface area contributed by atoms with Crippen LogP contribution in [0.25, 0.3) is 5.57 Å². The molecule has 3 atom stereocenters. The number of carbonyl (C=O) groups excluding carboxylic acids is 1. The summed E-state index contributed by atoms with van der Waals surface area (Å²) in [5.74, 6) is -0.528. The zero-order valence-electron chi connectivity index (χ0n) is 16.8. The molecular formula is C25H20Cl2O3S. The minimum Gasteiger partial charge on any atom is -0.468 e. The Hall–Kier alpha value is -2.40. The lowest BCUT2D eigenvalue weighted by Crippen LogP contribution is -2.38. The van der Waals surface area contributed by atoms with Crippen LogP contribution in [0.15, 0.2) is 90.3 Å². The number of benzene rings is 3. The average molecular weight is 471 g/mol. The Kier molecular flexibility index (Phi) is 5.82. The maximum Gasteiger partial charge on any atom is 0.326 e. The fraction of sp³-hybridized carbons (Fsp3) is 0.160. The van der Waals surface area contributed by atoms with Crippen molar-refractivity contribution >= 4 is 45.5 Å². The smallest absolute Gasteiger partial charge is 0.326 e. The molecule has 1 aliphatic rings. The van der Waals surface area contributed by atoms with Gasteiger partial charge in [0.1, 0.15) is 0 Å². The van der Waals surface area contributed by atoms with Crippen molar-refractivity contribution in [3.63, 3.8) is 0 Å². The summed E-state index contributed by atoms with van der Waals surface area (Å²) in [6.07, 6.45) is 0.303. The second-order valence-corrected chi connectivity index (χ2v) is 10.1. The summed E-state index contributed by atoms with van der Waals surface area (Å²) < 4.78 is 17.8.